The normalized spacial score (nSPS) is 11.9. The fourth-order valence-corrected chi connectivity index (χ4v) is 3.79. The molecule has 0 amide bonds. The minimum Gasteiger partial charge on any atom is -0.491 e. The molecule has 0 fully saturated rings. The zero-order chi connectivity index (χ0) is 20.6. The van der Waals surface area contributed by atoms with E-state index in [1.807, 2.05) is 60.7 Å². The van der Waals surface area contributed by atoms with Crippen molar-refractivity contribution in [2.24, 2.45) is 0 Å². The van der Waals surface area contributed by atoms with Gasteiger partial charge in [-0.15, -0.1) is 10.2 Å². The van der Waals surface area contributed by atoms with E-state index in [2.05, 4.69) is 31.9 Å². The number of aromatic nitrogens is 4. The third kappa shape index (κ3) is 5.25. The zero-order valence-electron chi connectivity index (χ0n) is 16.3. The maximum Gasteiger partial charge on any atom is 0.191 e. The van der Waals surface area contributed by atoms with Crippen LogP contribution in [0.15, 0.2) is 90.3 Å². The molecule has 0 saturated carbocycles. The largest absolute Gasteiger partial charge is 0.491 e. The SMILES string of the molecule is O[C@H](COc1ccccc1)CSc1nnc(-c2ccncc2)n1Cc1ccccc1. The van der Waals surface area contributed by atoms with Crippen molar-refractivity contribution in [3.63, 3.8) is 0 Å². The molecule has 4 aromatic rings. The van der Waals surface area contributed by atoms with Gasteiger partial charge < -0.3 is 9.84 Å². The van der Waals surface area contributed by atoms with E-state index < -0.39 is 6.10 Å². The average molecular weight is 419 g/mol. The van der Waals surface area contributed by atoms with Gasteiger partial charge in [-0.1, -0.05) is 60.3 Å². The Morgan fingerprint density at radius 1 is 0.900 bits per heavy atom. The van der Waals surface area contributed by atoms with Crippen LogP contribution in [-0.2, 0) is 6.54 Å². The van der Waals surface area contributed by atoms with Crippen molar-refractivity contribution in [1.29, 1.82) is 0 Å². The molecule has 0 spiro atoms. The lowest BCUT2D eigenvalue weighted by atomic mass is 10.2. The van der Waals surface area contributed by atoms with Gasteiger partial charge in [0.15, 0.2) is 11.0 Å². The summed E-state index contributed by atoms with van der Waals surface area (Å²) in [4.78, 5) is 4.09. The highest BCUT2D eigenvalue weighted by atomic mass is 32.2. The lowest BCUT2D eigenvalue weighted by Crippen LogP contribution is -2.20. The van der Waals surface area contributed by atoms with E-state index in [4.69, 9.17) is 4.74 Å². The van der Waals surface area contributed by atoms with Crippen LogP contribution >= 0.6 is 11.8 Å². The number of aliphatic hydroxyl groups is 1. The molecule has 0 radical (unpaired) electrons. The van der Waals surface area contributed by atoms with Gasteiger partial charge in [0.1, 0.15) is 12.4 Å². The van der Waals surface area contributed by atoms with Gasteiger partial charge in [0.05, 0.1) is 12.6 Å². The van der Waals surface area contributed by atoms with Gasteiger partial charge in [0, 0.05) is 23.7 Å². The van der Waals surface area contributed by atoms with Crippen molar-refractivity contribution in [2.45, 2.75) is 17.8 Å². The van der Waals surface area contributed by atoms with Crippen molar-refractivity contribution in [2.75, 3.05) is 12.4 Å². The van der Waals surface area contributed by atoms with E-state index in [0.717, 1.165) is 27.9 Å². The predicted octanol–water partition coefficient (Wildman–Crippen LogP) is 3.92. The molecule has 1 N–H and O–H groups in total. The molecule has 1 atom stereocenters. The summed E-state index contributed by atoms with van der Waals surface area (Å²) in [6.07, 6.45) is 2.87. The van der Waals surface area contributed by atoms with Gasteiger partial charge in [-0.3, -0.25) is 9.55 Å². The second kappa shape index (κ2) is 10.0. The quantitative estimate of drug-likeness (QED) is 0.415. The van der Waals surface area contributed by atoms with E-state index in [1.54, 1.807) is 12.4 Å². The first-order chi connectivity index (χ1) is 14.8. The maximum absolute atomic E-state index is 10.4. The van der Waals surface area contributed by atoms with Crippen LogP contribution in [0.1, 0.15) is 5.56 Å². The first-order valence-corrected chi connectivity index (χ1v) is 10.6. The topological polar surface area (TPSA) is 73.1 Å². The summed E-state index contributed by atoms with van der Waals surface area (Å²) in [5.74, 6) is 1.98. The van der Waals surface area contributed by atoms with E-state index in [0.29, 0.717) is 12.3 Å². The summed E-state index contributed by atoms with van der Waals surface area (Å²) in [6, 6.07) is 23.5. The molecular formula is C23H22N4O2S. The molecule has 4 rings (SSSR count). The van der Waals surface area contributed by atoms with E-state index in [1.165, 1.54) is 11.8 Å². The molecule has 2 aromatic heterocycles. The number of pyridine rings is 1. The Kier molecular flexibility index (Phi) is 6.74. The number of hydrogen-bond acceptors (Lipinski definition) is 6. The number of benzene rings is 2. The Labute approximate surface area is 179 Å². The summed E-state index contributed by atoms with van der Waals surface area (Å²) in [7, 11) is 0. The highest BCUT2D eigenvalue weighted by molar-refractivity contribution is 7.99. The molecule has 0 saturated heterocycles. The molecule has 0 bridgehead atoms. The Bertz CT molecular complexity index is 1040. The average Bonchev–Trinajstić information content (AvgIpc) is 3.20. The van der Waals surface area contributed by atoms with Gasteiger partial charge in [-0.2, -0.15) is 0 Å². The van der Waals surface area contributed by atoms with Gasteiger partial charge >= 0.3 is 0 Å². The van der Waals surface area contributed by atoms with Crippen LogP contribution in [0, 0.1) is 0 Å². The van der Waals surface area contributed by atoms with Gasteiger partial charge in [0.2, 0.25) is 0 Å². The summed E-state index contributed by atoms with van der Waals surface area (Å²) < 4.78 is 7.71. The Balaban J connectivity index is 1.47. The van der Waals surface area contributed by atoms with Crippen LogP contribution in [0.4, 0.5) is 0 Å². The Morgan fingerprint density at radius 3 is 2.33 bits per heavy atom. The predicted molar refractivity (Wildman–Crippen MR) is 117 cm³/mol. The fraction of sp³-hybridized carbons (Fsp3) is 0.174. The highest BCUT2D eigenvalue weighted by Crippen LogP contribution is 2.25. The fourth-order valence-electron chi connectivity index (χ4n) is 2.95. The number of hydrogen-bond donors (Lipinski definition) is 1. The third-order valence-corrected chi connectivity index (χ3v) is 5.54. The first-order valence-electron chi connectivity index (χ1n) is 9.66. The number of ether oxygens (including phenoxy) is 1. The van der Waals surface area contributed by atoms with Crippen molar-refractivity contribution >= 4 is 11.8 Å². The summed E-state index contributed by atoms with van der Waals surface area (Å²) in [6.45, 7) is 0.867. The summed E-state index contributed by atoms with van der Waals surface area (Å²) in [5.41, 5.74) is 2.11. The third-order valence-electron chi connectivity index (χ3n) is 4.43. The number of nitrogens with zero attached hydrogens (tertiary/aromatic N) is 4. The van der Waals surface area contributed by atoms with Crippen LogP contribution in [0.25, 0.3) is 11.4 Å². The van der Waals surface area contributed by atoms with Crippen molar-refractivity contribution < 1.29 is 9.84 Å². The number of para-hydroxylation sites is 1. The molecule has 0 aliphatic carbocycles. The highest BCUT2D eigenvalue weighted by Gasteiger charge is 2.16. The monoisotopic (exact) mass is 418 g/mol. The molecule has 152 valence electrons. The number of thioether (sulfide) groups is 1. The maximum atomic E-state index is 10.4. The number of rotatable bonds is 9. The van der Waals surface area contributed by atoms with Crippen LogP contribution in [-0.4, -0.2) is 43.3 Å². The smallest absolute Gasteiger partial charge is 0.191 e. The second-order valence-corrected chi connectivity index (χ2v) is 7.69. The lowest BCUT2D eigenvalue weighted by molar-refractivity contribution is 0.126. The van der Waals surface area contributed by atoms with Crippen LogP contribution < -0.4 is 4.74 Å². The molecule has 7 heteroatoms. The van der Waals surface area contributed by atoms with Crippen molar-refractivity contribution in [3.8, 4) is 17.1 Å². The standard InChI is InChI=1S/C23H22N4O2S/c28-20(16-29-21-9-5-2-6-10-21)17-30-23-26-25-22(19-11-13-24-14-12-19)27(23)15-18-7-3-1-4-8-18/h1-14,20,28H,15-17H2/t20-/m1/s1. The Morgan fingerprint density at radius 2 is 1.60 bits per heavy atom. The minimum atomic E-state index is -0.624. The van der Waals surface area contributed by atoms with Crippen LogP contribution in [0.3, 0.4) is 0 Å². The summed E-state index contributed by atoms with van der Waals surface area (Å²) in [5, 5.41) is 19.9. The van der Waals surface area contributed by atoms with Crippen molar-refractivity contribution in [3.05, 3.63) is 90.8 Å². The molecular weight excluding hydrogens is 396 g/mol. The second-order valence-electron chi connectivity index (χ2n) is 6.70. The minimum absolute atomic E-state index is 0.223. The van der Waals surface area contributed by atoms with Crippen LogP contribution in [0.5, 0.6) is 5.75 Å². The molecule has 2 heterocycles. The van der Waals surface area contributed by atoms with E-state index >= 15 is 0 Å². The Hall–Kier alpha value is -3.16. The van der Waals surface area contributed by atoms with Gasteiger partial charge in [-0.05, 0) is 29.8 Å². The molecule has 0 aliphatic rings. The zero-order valence-corrected chi connectivity index (χ0v) is 17.2. The lowest BCUT2D eigenvalue weighted by Gasteiger charge is -2.13. The molecule has 6 nitrogen and oxygen atoms in total. The first kappa shape index (κ1) is 20.1. The van der Waals surface area contributed by atoms with Crippen LogP contribution in [0.2, 0.25) is 0 Å². The summed E-state index contributed by atoms with van der Waals surface area (Å²) >= 11 is 1.47. The molecule has 0 aliphatic heterocycles. The molecule has 30 heavy (non-hydrogen) atoms. The molecule has 0 unspecified atom stereocenters. The van der Waals surface area contributed by atoms with E-state index in [-0.39, 0.29) is 6.61 Å². The van der Waals surface area contributed by atoms with Crippen molar-refractivity contribution in [1.82, 2.24) is 19.7 Å². The molecule has 2 aromatic carbocycles. The van der Waals surface area contributed by atoms with E-state index in [9.17, 15) is 5.11 Å². The van der Waals surface area contributed by atoms with Gasteiger partial charge in [0.25, 0.3) is 0 Å². The van der Waals surface area contributed by atoms with Gasteiger partial charge in [-0.25, -0.2) is 0 Å². The number of aliphatic hydroxyl groups excluding tert-OH is 1.